The standard InChI is InChI=1S/C19H28N6O3/c1-3-15(21-19(27)28)7-12-4-5-14(6-12)16-9-17(24-23-16)22-18(26)8-13-10-20-25(2)11-13/h9-12,14-15,21H,3-8H2,1-2H3,(H,27,28)(H2,22,23,24,26). The molecule has 4 N–H and O–H groups in total. The van der Waals surface area contributed by atoms with Gasteiger partial charge in [0.2, 0.25) is 5.91 Å². The van der Waals surface area contributed by atoms with E-state index in [1.807, 2.05) is 26.2 Å². The molecule has 1 aliphatic carbocycles. The summed E-state index contributed by atoms with van der Waals surface area (Å²) in [5.41, 5.74) is 1.88. The molecule has 3 atom stereocenters. The summed E-state index contributed by atoms with van der Waals surface area (Å²) in [6, 6.07) is 1.91. The lowest BCUT2D eigenvalue weighted by molar-refractivity contribution is -0.115. The molecule has 0 aliphatic heterocycles. The van der Waals surface area contributed by atoms with Crippen LogP contribution in [0.2, 0.25) is 0 Å². The molecular weight excluding hydrogens is 360 g/mol. The molecule has 2 aromatic rings. The van der Waals surface area contributed by atoms with Gasteiger partial charge in [0.15, 0.2) is 5.82 Å². The first-order valence-electron chi connectivity index (χ1n) is 9.75. The summed E-state index contributed by atoms with van der Waals surface area (Å²) in [7, 11) is 1.82. The number of hydrogen-bond donors (Lipinski definition) is 4. The van der Waals surface area contributed by atoms with Crippen molar-refractivity contribution in [1.82, 2.24) is 25.3 Å². The molecular formula is C19H28N6O3. The fourth-order valence-corrected chi connectivity index (χ4v) is 4.02. The summed E-state index contributed by atoms with van der Waals surface area (Å²) >= 11 is 0. The van der Waals surface area contributed by atoms with E-state index >= 15 is 0 Å². The van der Waals surface area contributed by atoms with Gasteiger partial charge in [-0.2, -0.15) is 10.2 Å². The van der Waals surface area contributed by atoms with E-state index in [9.17, 15) is 9.59 Å². The van der Waals surface area contributed by atoms with Gasteiger partial charge in [-0.25, -0.2) is 4.79 Å². The van der Waals surface area contributed by atoms with Gasteiger partial charge in [-0.05, 0) is 43.6 Å². The van der Waals surface area contributed by atoms with Gasteiger partial charge in [0.1, 0.15) is 0 Å². The molecule has 9 nitrogen and oxygen atoms in total. The third kappa shape index (κ3) is 5.34. The van der Waals surface area contributed by atoms with Gasteiger partial charge in [0, 0.05) is 37.0 Å². The van der Waals surface area contributed by atoms with Crippen LogP contribution in [-0.4, -0.2) is 43.1 Å². The Hall–Kier alpha value is -2.84. The minimum Gasteiger partial charge on any atom is -0.465 e. The second-order valence-electron chi connectivity index (χ2n) is 7.62. The van der Waals surface area contributed by atoms with E-state index in [-0.39, 0.29) is 18.4 Å². The van der Waals surface area contributed by atoms with Crippen LogP contribution < -0.4 is 10.6 Å². The Bertz CT molecular complexity index is 814. The van der Waals surface area contributed by atoms with Gasteiger partial charge in [-0.1, -0.05) is 6.92 Å². The number of anilines is 1. The number of carbonyl (C=O) groups excluding carboxylic acids is 1. The minimum atomic E-state index is -0.957. The van der Waals surface area contributed by atoms with Crippen LogP contribution in [0.15, 0.2) is 18.5 Å². The van der Waals surface area contributed by atoms with Crippen LogP contribution in [0.1, 0.15) is 56.2 Å². The zero-order valence-corrected chi connectivity index (χ0v) is 16.3. The summed E-state index contributed by atoms with van der Waals surface area (Å²) in [6.07, 6.45) is 7.57. The van der Waals surface area contributed by atoms with Crippen LogP contribution in [0.25, 0.3) is 0 Å². The summed E-state index contributed by atoms with van der Waals surface area (Å²) < 4.78 is 1.67. The predicted octanol–water partition coefficient (Wildman–Crippen LogP) is 2.64. The molecule has 0 saturated heterocycles. The zero-order chi connectivity index (χ0) is 20.1. The number of hydrogen-bond acceptors (Lipinski definition) is 4. The molecule has 1 fully saturated rings. The smallest absolute Gasteiger partial charge is 0.404 e. The van der Waals surface area contributed by atoms with Gasteiger partial charge in [0.05, 0.1) is 12.6 Å². The molecule has 2 amide bonds. The number of aryl methyl sites for hydroxylation is 1. The number of carbonyl (C=O) groups is 2. The largest absolute Gasteiger partial charge is 0.465 e. The molecule has 2 heterocycles. The summed E-state index contributed by atoms with van der Waals surface area (Å²) in [4.78, 5) is 23.0. The monoisotopic (exact) mass is 388 g/mol. The van der Waals surface area contributed by atoms with Gasteiger partial charge in [0.25, 0.3) is 0 Å². The highest BCUT2D eigenvalue weighted by molar-refractivity contribution is 5.91. The minimum absolute atomic E-state index is 0.00495. The molecule has 0 spiro atoms. The maximum absolute atomic E-state index is 12.2. The third-order valence-corrected chi connectivity index (χ3v) is 5.41. The Morgan fingerprint density at radius 1 is 1.43 bits per heavy atom. The number of nitrogens with zero attached hydrogens (tertiary/aromatic N) is 3. The summed E-state index contributed by atoms with van der Waals surface area (Å²) in [6.45, 7) is 2.00. The SMILES string of the molecule is CCC(CC1CCC(c2cc(NC(=O)Cc3cnn(C)c3)n[nH]2)C1)NC(=O)O. The molecule has 0 bridgehead atoms. The number of nitrogens with one attached hydrogen (secondary N) is 3. The molecule has 3 unspecified atom stereocenters. The van der Waals surface area contributed by atoms with Gasteiger partial charge < -0.3 is 15.7 Å². The van der Waals surface area contributed by atoms with E-state index in [4.69, 9.17) is 5.11 Å². The molecule has 1 saturated carbocycles. The first-order valence-corrected chi connectivity index (χ1v) is 9.75. The molecule has 2 aromatic heterocycles. The lowest BCUT2D eigenvalue weighted by Gasteiger charge is -2.19. The number of rotatable bonds is 8. The van der Waals surface area contributed by atoms with Gasteiger partial charge in [-0.15, -0.1) is 0 Å². The Morgan fingerprint density at radius 3 is 2.93 bits per heavy atom. The van der Waals surface area contributed by atoms with Crippen molar-refractivity contribution in [3.05, 3.63) is 29.7 Å². The van der Waals surface area contributed by atoms with Crippen molar-refractivity contribution in [2.75, 3.05) is 5.32 Å². The average molecular weight is 388 g/mol. The molecule has 28 heavy (non-hydrogen) atoms. The highest BCUT2D eigenvalue weighted by Gasteiger charge is 2.29. The van der Waals surface area contributed by atoms with Crippen LogP contribution in [0.5, 0.6) is 0 Å². The first kappa shape index (κ1) is 19.9. The molecule has 3 rings (SSSR count). The molecule has 0 aromatic carbocycles. The van der Waals surface area contributed by atoms with Crippen molar-refractivity contribution in [2.45, 2.75) is 57.4 Å². The number of aromatic nitrogens is 4. The maximum Gasteiger partial charge on any atom is 0.404 e. The van der Waals surface area contributed by atoms with Crippen molar-refractivity contribution in [1.29, 1.82) is 0 Å². The normalized spacial score (nSPS) is 20.1. The molecule has 0 radical (unpaired) electrons. The van der Waals surface area contributed by atoms with Gasteiger partial charge >= 0.3 is 6.09 Å². The van der Waals surface area contributed by atoms with Crippen molar-refractivity contribution in [2.24, 2.45) is 13.0 Å². The lowest BCUT2D eigenvalue weighted by atomic mass is 9.95. The number of H-pyrrole nitrogens is 1. The quantitative estimate of drug-likeness (QED) is 0.553. The Balaban J connectivity index is 1.50. The highest BCUT2D eigenvalue weighted by atomic mass is 16.4. The van der Waals surface area contributed by atoms with Crippen molar-refractivity contribution < 1.29 is 14.7 Å². The summed E-state index contributed by atoms with van der Waals surface area (Å²) in [5, 5.41) is 25.7. The second-order valence-corrected chi connectivity index (χ2v) is 7.62. The highest BCUT2D eigenvalue weighted by Crippen LogP contribution is 2.40. The van der Waals surface area contributed by atoms with Gasteiger partial charge in [-0.3, -0.25) is 14.6 Å². The second kappa shape index (κ2) is 8.90. The predicted molar refractivity (Wildman–Crippen MR) is 104 cm³/mol. The Kier molecular flexibility index (Phi) is 6.33. The molecule has 152 valence electrons. The Morgan fingerprint density at radius 2 is 2.25 bits per heavy atom. The number of aromatic amines is 1. The zero-order valence-electron chi connectivity index (χ0n) is 16.3. The van der Waals surface area contributed by atoms with E-state index in [2.05, 4.69) is 25.9 Å². The topological polar surface area (TPSA) is 125 Å². The summed E-state index contributed by atoms with van der Waals surface area (Å²) in [5.74, 6) is 1.27. The lowest BCUT2D eigenvalue weighted by Crippen LogP contribution is -2.34. The van der Waals surface area contributed by atoms with E-state index < -0.39 is 6.09 Å². The van der Waals surface area contributed by atoms with E-state index in [0.717, 1.165) is 43.4 Å². The van der Waals surface area contributed by atoms with Crippen LogP contribution in [0.3, 0.4) is 0 Å². The van der Waals surface area contributed by atoms with Crippen molar-refractivity contribution >= 4 is 17.8 Å². The van der Waals surface area contributed by atoms with Crippen molar-refractivity contribution in [3.63, 3.8) is 0 Å². The maximum atomic E-state index is 12.2. The van der Waals surface area contributed by atoms with E-state index in [0.29, 0.717) is 17.7 Å². The number of carboxylic acid groups (broad SMARTS) is 1. The van der Waals surface area contributed by atoms with Crippen LogP contribution in [0.4, 0.5) is 10.6 Å². The fraction of sp³-hybridized carbons (Fsp3) is 0.579. The molecule has 1 aliphatic rings. The third-order valence-electron chi connectivity index (χ3n) is 5.41. The fourth-order valence-electron chi connectivity index (χ4n) is 4.02. The number of amides is 2. The molecule has 9 heteroatoms. The van der Waals surface area contributed by atoms with Crippen molar-refractivity contribution in [3.8, 4) is 0 Å². The average Bonchev–Trinajstić information content (AvgIpc) is 3.35. The van der Waals surface area contributed by atoms with Crippen LogP contribution >= 0.6 is 0 Å². The first-order chi connectivity index (χ1) is 13.4. The van der Waals surface area contributed by atoms with Crippen LogP contribution in [-0.2, 0) is 18.3 Å². The van der Waals surface area contributed by atoms with Crippen LogP contribution in [0, 0.1) is 5.92 Å². The Labute approximate surface area is 163 Å². The van der Waals surface area contributed by atoms with E-state index in [1.54, 1.807) is 10.9 Å². The van der Waals surface area contributed by atoms with E-state index in [1.165, 1.54) is 0 Å².